The largest absolute Gasteiger partial charge is 0.444 e. The SMILES string of the molecule is CC(C)(C)OC(=O)Nc1nc2c(-c3c(Cl)cc4c(N5CCN(C(=O)OC(C)(C)C)CC5)ncnc4c3F)cccc2s1. The number of nitrogens with one attached hydrogen (secondary N) is 1. The minimum Gasteiger partial charge on any atom is -0.444 e. The lowest BCUT2D eigenvalue weighted by Crippen LogP contribution is -2.50. The van der Waals surface area contributed by atoms with Gasteiger partial charge < -0.3 is 19.3 Å². The fourth-order valence-electron chi connectivity index (χ4n) is 4.64. The van der Waals surface area contributed by atoms with Crippen LogP contribution >= 0.6 is 22.9 Å². The number of aromatic nitrogens is 3. The van der Waals surface area contributed by atoms with Gasteiger partial charge in [0.1, 0.15) is 28.9 Å². The Morgan fingerprint density at radius 3 is 2.36 bits per heavy atom. The first-order chi connectivity index (χ1) is 19.7. The highest BCUT2D eigenvalue weighted by Gasteiger charge is 2.28. The van der Waals surface area contributed by atoms with Gasteiger partial charge in [-0.2, -0.15) is 0 Å². The number of thiazole rings is 1. The molecule has 1 saturated heterocycles. The summed E-state index contributed by atoms with van der Waals surface area (Å²) in [5.41, 5.74) is -0.0170. The fourth-order valence-corrected chi connectivity index (χ4v) is 5.81. The molecule has 2 aromatic heterocycles. The van der Waals surface area contributed by atoms with E-state index >= 15 is 4.39 Å². The highest BCUT2D eigenvalue weighted by molar-refractivity contribution is 7.22. The van der Waals surface area contributed by atoms with Crippen molar-refractivity contribution in [3.63, 3.8) is 0 Å². The summed E-state index contributed by atoms with van der Waals surface area (Å²) in [4.78, 5) is 41.7. The molecule has 13 heteroatoms. The van der Waals surface area contributed by atoms with Crippen LogP contribution in [0.5, 0.6) is 0 Å². The lowest BCUT2D eigenvalue weighted by Gasteiger charge is -2.36. The van der Waals surface area contributed by atoms with E-state index in [1.807, 2.05) is 31.7 Å². The van der Waals surface area contributed by atoms with Crippen molar-refractivity contribution in [2.45, 2.75) is 52.7 Å². The second-order valence-corrected chi connectivity index (χ2v) is 13.3. The number of ether oxygens (including phenoxy) is 2. The van der Waals surface area contributed by atoms with Gasteiger partial charge in [-0.1, -0.05) is 35.1 Å². The molecule has 0 atom stereocenters. The van der Waals surface area contributed by atoms with E-state index in [0.29, 0.717) is 53.6 Å². The van der Waals surface area contributed by atoms with E-state index in [-0.39, 0.29) is 22.2 Å². The normalized spacial score (nSPS) is 14.4. The maximum Gasteiger partial charge on any atom is 0.413 e. The number of carbonyl (C=O) groups excluding carboxylic acids is 2. The molecule has 5 rings (SSSR count). The number of nitrogens with zero attached hydrogens (tertiary/aromatic N) is 5. The summed E-state index contributed by atoms with van der Waals surface area (Å²) in [7, 11) is 0. The van der Waals surface area contributed by atoms with Crippen LogP contribution in [-0.2, 0) is 9.47 Å². The number of benzene rings is 2. The van der Waals surface area contributed by atoms with Gasteiger partial charge in [-0.25, -0.2) is 28.9 Å². The van der Waals surface area contributed by atoms with Crippen LogP contribution in [0.15, 0.2) is 30.6 Å². The molecule has 1 aliphatic rings. The van der Waals surface area contributed by atoms with Gasteiger partial charge in [-0.3, -0.25) is 5.32 Å². The van der Waals surface area contributed by atoms with E-state index in [1.54, 1.807) is 43.9 Å². The Kier molecular flexibility index (Phi) is 7.88. The monoisotopic (exact) mass is 614 g/mol. The van der Waals surface area contributed by atoms with Gasteiger partial charge >= 0.3 is 12.2 Å². The Labute approximate surface area is 251 Å². The van der Waals surface area contributed by atoms with Crippen LogP contribution in [0.25, 0.3) is 32.2 Å². The molecular formula is C29H32ClFN6O4S. The molecule has 1 fully saturated rings. The minimum absolute atomic E-state index is 0.119. The third-order valence-corrected chi connectivity index (χ3v) is 7.56. The fraction of sp³-hybridized carbons (Fsp3) is 0.414. The zero-order valence-corrected chi connectivity index (χ0v) is 25.8. The lowest BCUT2D eigenvalue weighted by molar-refractivity contribution is 0.0240. The number of para-hydroxylation sites is 1. The van der Waals surface area contributed by atoms with Gasteiger partial charge in [0.05, 0.1) is 15.2 Å². The molecule has 1 aliphatic heterocycles. The molecule has 0 radical (unpaired) electrons. The van der Waals surface area contributed by atoms with Crippen LogP contribution in [-0.4, -0.2) is 69.4 Å². The third-order valence-electron chi connectivity index (χ3n) is 6.33. The Hall–Kier alpha value is -3.77. The number of halogens is 2. The van der Waals surface area contributed by atoms with Crippen molar-refractivity contribution >= 4 is 67.2 Å². The van der Waals surface area contributed by atoms with Gasteiger partial charge in [0.25, 0.3) is 0 Å². The first-order valence-electron chi connectivity index (χ1n) is 13.5. The van der Waals surface area contributed by atoms with Crippen molar-refractivity contribution in [1.82, 2.24) is 19.9 Å². The molecule has 42 heavy (non-hydrogen) atoms. The summed E-state index contributed by atoms with van der Waals surface area (Å²) < 4.78 is 27.8. The van der Waals surface area contributed by atoms with Crippen molar-refractivity contribution in [3.8, 4) is 11.1 Å². The van der Waals surface area contributed by atoms with Gasteiger partial charge in [0.2, 0.25) is 0 Å². The Morgan fingerprint density at radius 1 is 1.00 bits per heavy atom. The summed E-state index contributed by atoms with van der Waals surface area (Å²) in [6.45, 7) is 12.6. The van der Waals surface area contributed by atoms with E-state index in [2.05, 4.69) is 20.3 Å². The van der Waals surface area contributed by atoms with Gasteiger partial charge in [-0.05, 0) is 53.7 Å². The summed E-state index contributed by atoms with van der Waals surface area (Å²) >= 11 is 7.99. The molecule has 0 saturated carbocycles. The molecule has 0 bridgehead atoms. The predicted octanol–water partition coefficient (Wildman–Crippen LogP) is 7.10. The van der Waals surface area contributed by atoms with Crippen molar-refractivity contribution in [1.29, 1.82) is 0 Å². The van der Waals surface area contributed by atoms with Crippen molar-refractivity contribution in [2.24, 2.45) is 0 Å². The molecule has 0 unspecified atom stereocenters. The second kappa shape index (κ2) is 11.1. The molecule has 10 nitrogen and oxygen atoms in total. The maximum absolute atomic E-state index is 16.2. The third kappa shape index (κ3) is 6.34. The van der Waals surface area contributed by atoms with Crippen LogP contribution in [0.2, 0.25) is 5.02 Å². The second-order valence-electron chi connectivity index (χ2n) is 11.9. The van der Waals surface area contributed by atoms with Crippen LogP contribution in [0, 0.1) is 5.82 Å². The predicted molar refractivity (Wildman–Crippen MR) is 163 cm³/mol. The number of fused-ring (bicyclic) bond motifs is 2. The summed E-state index contributed by atoms with van der Waals surface area (Å²) in [5, 5.41) is 3.61. The average molecular weight is 615 g/mol. The van der Waals surface area contributed by atoms with E-state index in [4.69, 9.17) is 21.1 Å². The molecule has 0 aliphatic carbocycles. The van der Waals surface area contributed by atoms with E-state index in [1.165, 1.54) is 17.7 Å². The number of amides is 2. The number of hydrogen-bond acceptors (Lipinski definition) is 9. The number of piperazine rings is 1. The average Bonchev–Trinajstić information content (AvgIpc) is 3.29. The molecule has 2 amide bonds. The Balaban J connectivity index is 1.45. The van der Waals surface area contributed by atoms with Gasteiger partial charge in [-0.15, -0.1) is 0 Å². The highest BCUT2D eigenvalue weighted by Crippen LogP contribution is 2.41. The van der Waals surface area contributed by atoms with E-state index < -0.39 is 23.1 Å². The topological polar surface area (TPSA) is 110 Å². The van der Waals surface area contributed by atoms with Crippen LogP contribution in [0.4, 0.5) is 24.9 Å². The molecule has 222 valence electrons. The number of hydrogen-bond donors (Lipinski definition) is 1. The molecule has 3 heterocycles. The molecule has 1 N–H and O–H groups in total. The number of carbonyl (C=O) groups is 2. The zero-order chi connectivity index (χ0) is 30.4. The standard InChI is InChI=1S/C29H32ClFN6O4S/c1-28(2,3)40-26(38)35-25-34-22-16(8-7-9-19(22)42-25)20-18(30)14-17-23(21(20)31)32-15-33-24(17)36-10-12-37(13-11-36)27(39)41-29(4,5)6/h7-9,14-15H,10-13H2,1-6H3,(H,34,35,38). The first kappa shape index (κ1) is 29.7. The van der Waals surface area contributed by atoms with Crippen molar-refractivity contribution in [2.75, 3.05) is 36.4 Å². The molecule has 4 aromatic rings. The van der Waals surface area contributed by atoms with Gasteiger partial charge in [0.15, 0.2) is 10.9 Å². The van der Waals surface area contributed by atoms with Crippen molar-refractivity contribution < 1.29 is 23.5 Å². The first-order valence-corrected chi connectivity index (χ1v) is 14.6. The summed E-state index contributed by atoms with van der Waals surface area (Å²) in [5.74, 6) is -0.0670. The summed E-state index contributed by atoms with van der Waals surface area (Å²) in [6.07, 6.45) is 0.327. The van der Waals surface area contributed by atoms with Crippen LogP contribution < -0.4 is 10.2 Å². The minimum atomic E-state index is -0.667. The summed E-state index contributed by atoms with van der Waals surface area (Å²) in [6, 6.07) is 7.01. The van der Waals surface area contributed by atoms with E-state index in [9.17, 15) is 9.59 Å². The smallest absolute Gasteiger partial charge is 0.413 e. The van der Waals surface area contributed by atoms with Crippen LogP contribution in [0.1, 0.15) is 41.5 Å². The van der Waals surface area contributed by atoms with Crippen molar-refractivity contribution in [3.05, 3.63) is 41.4 Å². The molecule has 0 spiro atoms. The zero-order valence-electron chi connectivity index (χ0n) is 24.2. The maximum atomic E-state index is 16.2. The molecule has 2 aromatic carbocycles. The lowest BCUT2D eigenvalue weighted by atomic mass is 10.0. The van der Waals surface area contributed by atoms with E-state index in [0.717, 1.165) is 4.70 Å². The molecular weight excluding hydrogens is 583 g/mol. The quantitative estimate of drug-likeness (QED) is 0.260. The Bertz CT molecular complexity index is 1670. The number of rotatable bonds is 3. The Morgan fingerprint density at radius 2 is 1.69 bits per heavy atom. The highest BCUT2D eigenvalue weighted by atomic mass is 35.5. The van der Waals surface area contributed by atoms with Gasteiger partial charge in [0, 0.05) is 42.7 Å². The van der Waals surface area contributed by atoms with Crippen LogP contribution in [0.3, 0.4) is 0 Å². The number of anilines is 2.